The van der Waals surface area contributed by atoms with E-state index in [-0.39, 0.29) is 0 Å². The molecule has 0 radical (unpaired) electrons. The molecule has 0 amide bonds. The van der Waals surface area contributed by atoms with Crippen LogP contribution in [0.3, 0.4) is 0 Å². The topological polar surface area (TPSA) is 20.3 Å². The van der Waals surface area contributed by atoms with Crippen molar-refractivity contribution in [2.45, 2.75) is 31.7 Å². The molecule has 3 rings (SSSR count). The first-order valence-electron chi connectivity index (χ1n) is 8.61. The van der Waals surface area contributed by atoms with Gasteiger partial charge in [-0.1, -0.05) is 60.7 Å². The Bertz CT molecular complexity index is 588. The Balaban J connectivity index is 1.59. The molecule has 0 aliphatic carbocycles. The molecule has 1 saturated heterocycles. The van der Waals surface area contributed by atoms with Crippen molar-refractivity contribution in [3.8, 4) is 0 Å². The predicted molar refractivity (Wildman–Crippen MR) is 94.3 cm³/mol. The maximum absolute atomic E-state index is 11.1. The van der Waals surface area contributed by atoms with E-state index in [0.29, 0.717) is 18.3 Å². The summed E-state index contributed by atoms with van der Waals surface area (Å²) in [5.41, 5.74) is 2.71. The molecule has 0 bridgehead atoms. The van der Waals surface area contributed by atoms with Crippen LogP contribution in [0.4, 0.5) is 0 Å². The van der Waals surface area contributed by atoms with Gasteiger partial charge in [-0.3, -0.25) is 4.90 Å². The summed E-state index contributed by atoms with van der Waals surface area (Å²) in [5, 5.41) is 0. The molecule has 2 nitrogen and oxygen atoms in total. The first-order valence-corrected chi connectivity index (χ1v) is 8.61. The third-order valence-electron chi connectivity index (χ3n) is 5.03. The van der Waals surface area contributed by atoms with Crippen molar-refractivity contribution in [1.29, 1.82) is 0 Å². The van der Waals surface area contributed by atoms with Crippen LogP contribution in [-0.4, -0.2) is 24.3 Å². The van der Waals surface area contributed by atoms with E-state index in [2.05, 4.69) is 59.5 Å². The van der Waals surface area contributed by atoms with Gasteiger partial charge in [-0.05, 0) is 48.9 Å². The molecule has 1 fully saturated rings. The molecule has 0 spiro atoms. The summed E-state index contributed by atoms with van der Waals surface area (Å²) in [5.74, 6) is 1.00. The molecule has 2 heteroatoms. The molecule has 1 unspecified atom stereocenters. The van der Waals surface area contributed by atoms with Crippen molar-refractivity contribution in [3.05, 3.63) is 71.8 Å². The zero-order valence-corrected chi connectivity index (χ0v) is 13.6. The number of hydrogen-bond donors (Lipinski definition) is 0. The third kappa shape index (κ3) is 4.29. The number of carbonyl (C=O) groups is 1. The summed E-state index contributed by atoms with van der Waals surface area (Å²) < 4.78 is 0. The summed E-state index contributed by atoms with van der Waals surface area (Å²) in [6, 6.07) is 21.2. The van der Waals surface area contributed by atoms with E-state index >= 15 is 0 Å². The highest BCUT2D eigenvalue weighted by molar-refractivity contribution is 5.51. The number of rotatable bonds is 6. The smallest absolute Gasteiger partial charge is 0.120 e. The summed E-state index contributed by atoms with van der Waals surface area (Å²) in [6.45, 7) is 3.29. The molecule has 23 heavy (non-hydrogen) atoms. The largest absolute Gasteiger partial charge is 0.303 e. The minimum atomic E-state index is 0.382. The van der Waals surface area contributed by atoms with Gasteiger partial charge in [-0.2, -0.15) is 0 Å². The zero-order valence-electron chi connectivity index (χ0n) is 13.6. The minimum absolute atomic E-state index is 0.382. The fourth-order valence-corrected chi connectivity index (χ4v) is 3.76. The van der Waals surface area contributed by atoms with Crippen LogP contribution in [-0.2, 0) is 11.3 Å². The molecule has 2 aromatic rings. The number of aldehydes is 1. The van der Waals surface area contributed by atoms with Crippen LogP contribution in [0.15, 0.2) is 60.7 Å². The highest BCUT2D eigenvalue weighted by Gasteiger charge is 2.27. The highest BCUT2D eigenvalue weighted by Crippen LogP contribution is 2.34. The van der Waals surface area contributed by atoms with Gasteiger partial charge in [0.05, 0.1) is 0 Å². The van der Waals surface area contributed by atoms with Crippen LogP contribution in [0.1, 0.15) is 36.3 Å². The lowest BCUT2D eigenvalue weighted by molar-refractivity contribution is -0.108. The molecular formula is C21H25NO. The molecule has 1 heterocycles. The summed E-state index contributed by atoms with van der Waals surface area (Å²) in [4.78, 5) is 13.7. The highest BCUT2D eigenvalue weighted by atomic mass is 16.1. The Morgan fingerprint density at radius 1 is 0.957 bits per heavy atom. The zero-order chi connectivity index (χ0) is 15.9. The standard InChI is InChI=1S/C21H25NO/c23-16-13-21(19-9-5-2-6-10-19)20-11-14-22(15-12-20)17-18-7-3-1-4-8-18/h1-10,16,20-21H,11-15,17H2. The Kier molecular flexibility index (Phi) is 5.60. The van der Waals surface area contributed by atoms with E-state index in [1.807, 2.05) is 6.07 Å². The second kappa shape index (κ2) is 8.07. The first-order chi connectivity index (χ1) is 11.4. The van der Waals surface area contributed by atoms with Crippen LogP contribution in [0.2, 0.25) is 0 Å². The minimum Gasteiger partial charge on any atom is -0.303 e. The molecule has 120 valence electrons. The molecular weight excluding hydrogens is 282 g/mol. The van der Waals surface area contributed by atoms with E-state index < -0.39 is 0 Å². The lowest BCUT2D eigenvalue weighted by atomic mass is 9.78. The molecule has 0 aromatic heterocycles. The van der Waals surface area contributed by atoms with Gasteiger partial charge in [0.2, 0.25) is 0 Å². The van der Waals surface area contributed by atoms with E-state index in [1.165, 1.54) is 24.0 Å². The molecule has 2 aromatic carbocycles. The lowest BCUT2D eigenvalue weighted by Crippen LogP contribution is -2.35. The number of piperidine rings is 1. The summed E-state index contributed by atoms with van der Waals surface area (Å²) in [7, 11) is 0. The van der Waals surface area contributed by atoms with Gasteiger partial charge in [0.15, 0.2) is 0 Å². The van der Waals surface area contributed by atoms with Gasteiger partial charge in [-0.25, -0.2) is 0 Å². The lowest BCUT2D eigenvalue weighted by Gasteiger charge is -2.36. The van der Waals surface area contributed by atoms with E-state index in [1.54, 1.807) is 0 Å². The van der Waals surface area contributed by atoms with Crippen molar-refractivity contribution < 1.29 is 4.79 Å². The molecule has 1 aliphatic heterocycles. The van der Waals surface area contributed by atoms with Crippen LogP contribution >= 0.6 is 0 Å². The van der Waals surface area contributed by atoms with Crippen molar-refractivity contribution in [2.24, 2.45) is 5.92 Å². The average Bonchev–Trinajstić information content (AvgIpc) is 2.62. The van der Waals surface area contributed by atoms with Gasteiger partial charge >= 0.3 is 0 Å². The van der Waals surface area contributed by atoms with E-state index in [9.17, 15) is 4.79 Å². The number of carbonyl (C=O) groups excluding carboxylic acids is 1. The van der Waals surface area contributed by atoms with E-state index in [4.69, 9.17) is 0 Å². The van der Waals surface area contributed by atoms with Crippen LogP contribution in [0, 0.1) is 5.92 Å². The number of likely N-dealkylation sites (tertiary alicyclic amines) is 1. The van der Waals surface area contributed by atoms with Crippen LogP contribution in [0.5, 0.6) is 0 Å². The number of benzene rings is 2. The quantitative estimate of drug-likeness (QED) is 0.743. The average molecular weight is 307 g/mol. The van der Waals surface area contributed by atoms with Crippen LogP contribution in [0.25, 0.3) is 0 Å². The normalized spacial score (nSPS) is 17.7. The molecule has 1 aliphatic rings. The van der Waals surface area contributed by atoms with Gasteiger partial charge in [0.25, 0.3) is 0 Å². The van der Waals surface area contributed by atoms with Crippen molar-refractivity contribution >= 4 is 6.29 Å². The fourth-order valence-electron chi connectivity index (χ4n) is 3.76. The molecule has 0 N–H and O–H groups in total. The second-order valence-electron chi connectivity index (χ2n) is 6.52. The summed E-state index contributed by atoms with van der Waals surface area (Å²) >= 11 is 0. The number of nitrogens with zero attached hydrogens (tertiary/aromatic N) is 1. The van der Waals surface area contributed by atoms with Crippen molar-refractivity contribution in [3.63, 3.8) is 0 Å². The molecule has 0 saturated carbocycles. The van der Waals surface area contributed by atoms with Crippen LogP contribution < -0.4 is 0 Å². The fraction of sp³-hybridized carbons (Fsp3) is 0.381. The Labute approximate surface area is 139 Å². The van der Waals surface area contributed by atoms with Gasteiger partial charge < -0.3 is 4.79 Å². The summed E-state index contributed by atoms with van der Waals surface area (Å²) in [6.07, 6.45) is 4.10. The van der Waals surface area contributed by atoms with Gasteiger partial charge in [0.1, 0.15) is 6.29 Å². The monoisotopic (exact) mass is 307 g/mol. The third-order valence-corrected chi connectivity index (χ3v) is 5.03. The van der Waals surface area contributed by atoms with Gasteiger partial charge in [0, 0.05) is 13.0 Å². The maximum atomic E-state index is 11.1. The second-order valence-corrected chi connectivity index (χ2v) is 6.52. The maximum Gasteiger partial charge on any atom is 0.120 e. The Hall–Kier alpha value is -1.93. The Morgan fingerprint density at radius 3 is 2.17 bits per heavy atom. The van der Waals surface area contributed by atoms with Crippen molar-refractivity contribution in [2.75, 3.05) is 13.1 Å². The molecule has 1 atom stereocenters. The van der Waals surface area contributed by atoms with E-state index in [0.717, 1.165) is 25.9 Å². The van der Waals surface area contributed by atoms with Gasteiger partial charge in [-0.15, -0.1) is 0 Å². The predicted octanol–water partition coefficient (Wildman–Crippen LogP) is 4.27. The van der Waals surface area contributed by atoms with Crippen molar-refractivity contribution in [1.82, 2.24) is 4.90 Å². The first kappa shape index (κ1) is 15.9. The SMILES string of the molecule is O=CCC(c1ccccc1)C1CCN(Cc2ccccc2)CC1. The Morgan fingerprint density at radius 2 is 1.57 bits per heavy atom. The number of hydrogen-bond acceptors (Lipinski definition) is 2.